The van der Waals surface area contributed by atoms with Gasteiger partial charge in [0.1, 0.15) is 0 Å². The molecular weight excluding hydrogens is 293 g/mol. The third kappa shape index (κ3) is 2.66. The van der Waals surface area contributed by atoms with Crippen LogP contribution in [0, 0.1) is 6.92 Å². The van der Waals surface area contributed by atoms with Gasteiger partial charge in [0.25, 0.3) is 9.84 Å². The number of sulfone groups is 2. The Morgan fingerprint density at radius 1 is 1.06 bits per heavy atom. The summed E-state index contributed by atoms with van der Waals surface area (Å²) in [5.41, 5.74) is -5.28. The van der Waals surface area contributed by atoms with Gasteiger partial charge in [-0.3, -0.25) is 0 Å². The molecule has 0 spiro atoms. The molecule has 0 aliphatic rings. The first-order chi connectivity index (χ1) is 7.87. The summed E-state index contributed by atoms with van der Waals surface area (Å²) in [6, 6.07) is 2.27. The lowest BCUT2D eigenvalue weighted by Crippen LogP contribution is -2.23. The molecule has 1 aromatic rings. The summed E-state index contributed by atoms with van der Waals surface area (Å²) in [5.74, 6) is 0. The van der Waals surface area contributed by atoms with Gasteiger partial charge in [0, 0.05) is 6.26 Å². The van der Waals surface area contributed by atoms with E-state index < -0.39 is 35.0 Å². The number of hydrogen-bond donors (Lipinski definition) is 0. The number of aryl methyl sites for hydroxylation is 1. The standard InChI is InChI=1S/C9H9F3O4S2/c1-6-3-4-7(5-8(6)17(2,13)14)18(15,16)9(10,11)12/h3-5H,1-2H3. The highest BCUT2D eigenvalue weighted by Gasteiger charge is 2.47. The predicted octanol–water partition coefficient (Wildman–Crippen LogP) is 1.69. The van der Waals surface area contributed by atoms with Crippen LogP contribution in [-0.2, 0) is 19.7 Å². The molecule has 102 valence electrons. The van der Waals surface area contributed by atoms with Gasteiger partial charge in [-0.25, -0.2) is 16.8 Å². The summed E-state index contributed by atoms with van der Waals surface area (Å²) >= 11 is 0. The van der Waals surface area contributed by atoms with Crippen LogP contribution in [0.25, 0.3) is 0 Å². The van der Waals surface area contributed by atoms with Crippen molar-refractivity contribution in [2.45, 2.75) is 22.2 Å². The maximum atomic E-state index is 12.3. The van der Waals surface area contributed by atoms with E-state index in [1.807, 2.05) is 0 Å². The average Bonchev–Trinajstić information content (AvgIpc) is 2.14. The third-order valence-corrected chi connectivity index (χ3v) is 4.90. The second-order valence-corrected chi connectivity index (χ2v) is 7.57. The van der Waals surface area contributed by atoms with E-state index in [1.54, 1.807) is 0 Å². The van der Waals surface area contributed by atoms with Crippen LogP contribution in [0.4, 0.5) is 13.2 Å². The van der Waals surface area contributed by atoms with Crippen LogP contribution < -0.4 is 0 Å². The molecule has 0 amide bonds. The Morgan fingerprint density at radius 3 is 1.94 bits per heavy atom. The van der Waals surface area contributed by atoms with Gasteiger partial charge in [0.05, 0.1) is 9.79 Å². The summed E-state index contributed by atoms with van der Waals surface area (Å²) in [6.45, 7) is 1.36. The molecule has 18 heavy (non-hydrogen) atoms. The number of alkyl halides is 3. The van der Waals surface area contributed by atoms with Crippen molar-refractivity contribution < 1.29 is 30.0 Å². The van der Waals surface area contributed by atoms with Crippen LogP contribution in [0.15, 0.2) is 28.0 Å². The second-order valence-electron chi connectivity index (χ2n) is 3.65. The molecule has 0 saturated carbocycles. The molecule has 0 fully saturated rings. The van der Waals surface area contributed by atoms with Gasteiger partial charge in [-0.2, -0.15) is 13.2 Å². The monoisotopic (exact) mass is 302 g/mol. The summed E-state index contributed by atoms with van der Waals surface area (Å²) < 4.78 is 81.8. The molecule has 0 unspecified atom stereocenters. The number of rotatable bonds is 2. The summed E-state index contributed by atoms with van der Waals surface area (Å²) in [6.07, 6.45) is 0.791. The molecule has 0 heterocycles. The minimum absolute atomic E-state index is 0.179. The van der Waals surface area contributed by atoms with Gasteiger partial charge < -0.3 is 0 Å². The highest BCUT2D eigenvalue weighted by molar-refractivity contribution is 7.92. The lowest BCUT2D eigenvalue weighted by Gasteiger charge is -2.10. The molecule has 0 aromatic heterocycles. The topological polar surface area (TPSA) is 68.3 Å². The Hall–Kier alpha value is -1.09. The third-order valence-electron chi connectivity index (χ3n) is 2.17. The molecular formula is C9H9F3O4S2. The Labute approximate surface area is 102 Å². The highest BCUT2D eigenvalue weighted by atomic mass is 32.2. The molecule has 0 atom stereocenters. The highest BCUT2D eigenvalue weighted by Crippen LogP contribution is 2.31. The quantitative estimate of drug-likeness (QED) is 0.833. The van der Waals surface area contributed by atoms with E-state index in [4.69, 9.17) is 0 Å². The Bertz CT molecular complexity index is 672. The molecule has 0 aliphatic carbocycles. The van der Waals surface area contributed by atoms with Crippen LogP contribution in [0.5, 0.6) is 0 Å². The van der Waals surface area contributed by atoms with Crippen LogP contribution in [-0.4, -0.2) is 28.6 Å². The average molecular weight is 302 g/mol. The number of benzene rings is 1. The molecule has 0 radical (unpaired) electrons. The van der Waals surface area contributed by atoms with Crippen molar-refractivity contribution in [3.63, 3.8) is 0 Å². The largest absolute Gasteiger partial charge is 0.501 e. The molecule has 0 N–H and O–H groups in total. The van der Waals surface area contributed by atoms with Crippen LogP contribution in [0.1, 0.15) is 5.56 Å². The van der Waals surface area contributed by atoms with E-state index in [9.17, 15) is 30.0 Å². The minimum atomic E-state index is -5.54. The predicted molar refractivity (Wildman–Crippen MR) is 57.5 cm³/mol. The van der Waals surface area contributed by atoms with E-state index in [0.29, 0.717) is 6.07 Å². The van der Waals surface area contributed by atoms with Crippen LogP contribution in [0.3, 0.4) is 0 Å². The fourth-order valence-electron chi connectivity index (χ4n) is 1.28. The van der Waals surface area contributed by atoms with Gasteiger partial charge in [0.2, 0.25) is 0 Å². The minimum Gasteiger partial charge on any atom is -0.224 e. The molecule has 0 saturated heterocycles. The Balaban J connectivity index is 3.59. The van der Waals surface area contributed by atoms with Gasteiger partial charge >= 0.3 is 5.51 Å². The lowest BCUT2D eigenvalue weighted by molar-refractivity contribution is -0.0436. The lowest BCUT2D eigenvalue weighted by atomic mass is 10.2. The molecule has 0 bridgehead atoms. The second kappa shape index (κ2) is 4.23. The summed E-state index contributed by atoms with van der Waals surface area (Å²) in [7, 11) is -9.33. The van der Waals surface area contributed by atoms with E-state index in [1.165, 1.54) is 6.92 Å². The van der Waals surface area contributed by atoms with Crippen LogP contribution in [0.2, 0.25) is 0 Å². The van der Waals surface area contributed by atoms with Crippen molar-refractivity contribution >= 4 is 19.7 Å². The zero-order chi connectivity index (χ0) is 14.4. The normalized spacial score (nSPS) is 13.6. The summed E-state index contributed by atoms with van der Waals surface area (Å²) in [5, 5.41) is 0. The van der Waals surface area contributed by atoms with Gasteiger partial charge in [-0.1, -0.05) is 6.07 Å². The van der Waals surface area contributed by atoms with Crippen molar-refractivity contribution in [3.05, 3.63) is 23.8 Å². The van der Waals surface area contributed by atoms with E-state index >= 15 is 0 Å². The maximum Gasteiger partial charge on any atom is 0.501 e. The molecule has 1 aromatic carbocycles. The first-order valence-corrected chi connectivity index (χ1v) is 7.87. The molecule has 0 aliphatic heterocycles. The van der Waals surface area contributed by atoms with Crippen molar-refractivity contribution in [2.75, 3.05) is 6.26 Å². The SMILES string of the molecule is Cc1ccc(S(=O)(=O)C(F)(F)F)cc1S(C)(=O)=O. The van der Waals surface area contributed by atoms with Gasteiger partial charge in [0.15, 0.2) is 9.84 Å². The number of halogens is 3. The Kier molecular flexibility index (Phi) is 3.52. The molecule has 9 heteroatoms. The number of hydrogen-bond acceptors (Lipinski definition) is 4. The maximum absolute atomic E-state index is 12.3. The smallest absolute Gasteiger partial charge is 0.224 e. The van der Waals surface area contributed by atoms with Gasteiger partial charge in [-0.15, -0.1) is 0 Å². The van der Waals surface area contributed by atoms with E-state index in [-0.39, 0.29) is 5.56 Å². The first-order valence-electron chi connectivity index (χ1n) is 4.49. The summed E-state index contributed by atoms with van der Waals surface area (Å²) in [4.78, 5) is -1.52. The first kappa shape index (κ1) is 15.0. The molecule has 1 rings (SSSR count). The van der Waals surface area contributed by atoms with Crippen LogP contribution >= 0.6 is 0 Å². The van der Waals surface area contributed by atoms with Crippen molar-refractivity contribution in [1.82, 2.24) is 0 Å². The van der Waals surface area contributed by atoms with Crippen molar-refractivity contribution in [2.24, 2.45) is 0 Å². The van der Waals surface area contributed by atoms with Gasteiger partial charge in [-0.05, 0) is 24.6 Å². The zero-order valence-electron chi connectivity index (χ0n) is 9.32. The molecule has 4 nitrogen and oxygen atoms in total. The Morgan fingerprint density at radius 2 is 1.56 bits per heavy atom. The fourth-order valence-corrected chi connectivity index (χ4v) is 3.14. The van der Waals surface area contributed by atoms with E-state index in [2.05, 4.69) is 0 Å². The zero-order valence-corrected chi connectivity index (χ0v) is 10.9. The van der Waals surface area contributed by atoms with Crippen molar-refractivity contribution in [3.8, 4) is 0 Å². The van der Waals surface area contributed by atoms with Crippen molar-refractivity contribution in [1.29, 1.82) is 0 Å². The fraction of sp³-hybridized carbons (Fsp3) is 0.333. The van der Waals surface area contributed by atoms with E-state index in [0.717, 1.165) is 18.4 Å².